The third kappa shape index (κ3) is 8.11. The Morgan fingerprint density at radius 2 is 1.52 bits per heavy atom. The number of benzene rings is 1. The maximum absolute atomic E-state index is 12.0. The van der Waals surface area contributed by atoms with Gasteiger partial charge in [-0.2, -0.15) is 0 Å². The largest absolute Gasteiger partial charge is 0.465 e. The monoisotopic (exact) mass is 472 g/mol. The van der Waals surface area contributed by atoms with E-state index in [2.05, 4.69) is 30.9 Å². The number of guanidine groups is 1. The molecule has 0 bridgehead atoms. The number of nitrogens with one attached hydrogen (secondary N) is 3. The smallest absolute Gasteiger partial charge is 0.337 e. The molecule has 0 radical (unpaired) electrons. The van der Waals surface area contributed by atoms with Gasteiger partial charge in [0, 0.05) is 23.6 Å². The third-order valence-electron chi connectivity index (χ3n) is 4.09. The van der Waals surface area contributed by atoms with Crippen molar-refractivity contribution < 1.29 is 19.1 Å². The van der Waals surface area contributed by atoms with Crippen LogP contribution in [0.1, 0.15) is 46.0 Å². The number of aliphatic imine (C=N–C) groups is 1. The number of rotatable bonds is 6. The molecule has 0 aliphatic rings. The van der Waals surface area contributed by atoms with Crippen molar-refractivity contribution in [3.8, 4) is 0 Å². The minimum atomic E-state index is -0.601. The van der Waals surface area contributed by atoms with Crippen LogP contribution in [-0.4, -0.2) is 53.7 Å². The lowest BCUT2D eigenvalue weighted by atomic mass is 10.1. The molecule has 0 aliphatic carbocycles. The van der Waals surface area contributed by atoms with E-state index >= 15 is 0 Å². The van der Waals surface area contributed by atoms with Gasteiger partial charge < -0.3 is 20.1 Å². The molecule has 0 amide bonds. The highest BCUT2D eigenvalue weighted by molar-refractivity contribution is 7.80. The molecule has 1 aromatic carbocycles. The summed E-state index contributed by atoms with van der Waals surface area (Å²) < 4.78 is 9.52. The SMILES string of the molecule is COC(=O)c1cc(NC(=S)NC(=NCC(C)C)Nc2nc(C)cc(C)n2)cc(C(=O)OC)c1. The van der Waals surface area contributed by atoms with Gasteiger partial charge in [-0.25, -0.2) is 19.6 Å². The van der Waals surface area contributed by atoms with Crippen LogP contribution in [0.15, 0.2) is 29.3 Å². The van der Waals surface area contributed by atoms with Crippen molar-refractivity contribution in [3.05, 3.63) is 46.8 Å². The molecule has 11 heteroatoms. The lowest BCUT2D eigenvalue weighted by Gasteiger charge is -2.15. The number of ether oxygens (including phenoxy) is 2. The Hall–Kier alpha value is -3.60. The number of esters is 2. The number of aromatic nitrogens is 2. The van der Waals surface area contributed by atoms with E-state index in [9.17, 15) is 9.59 Å². The number of carbonyl (C=O) groups excluding carboxylic acids is 2. The lowest BCUT2D eigenvalue weighted by Crippen LogP contribution is -2.39. The highest BCUT2D eigenvalue weighted by Crippen LogP contribution is 2.17. The van der Waals surface area contributed by atoms with E-state index in [1.165, 1.54) is 32.4 Å². The Bertz CT molecular complexity index is 1020. The second kappa shape index (κ2) is 11.9. The molecule has 0 unspecified atom stereocenters. The van der Waals surface area contributed by atoms with Crippen LogP contribution in [0.2, 0.25) is 0 Å². The average molecular weight is 473 g/mol. The first-order valence-corrected chi connectivity index (χ1v) is 10.6. The Balaban J connectivity index is 2.26. The maximum Gasteiger partial charge on any atom is 0.337 e. The summed E-state index contributed by atoms with van der Waals surface area (Å²) in [4.78, 5) is 37.3. The van der Waals surface area contributed by atoms with Crippen molar-refractivity contribution in [1.82, 2.24) is 15.3 Å². The Labute approximate surface area is 198 Å². The number of anilines is 2. The summed E-state index contributed by atoms with van der Waals surface area (Å²) in [5.74, 6) is -0.162. The van der Waals surface area contributed by atoms with Gasteiger partial charge in [-0.15, -0.1) is 0 Å². The molecular formula is C22H28N6O4S. The molecule has 0 atom stereocenters. The first-order valence-electron chi connectivity index (χ1n) is 10.1. The number of aryl methyl sites for hydroxylation is 2. The summed E-state index contributed by atoms with van der Waals surface area (Å²) in [6.45, 7) is 8.36. The fourth-order valence-electron chi connectivity index (χ4n) is 2.71. The first kappa shape index (κ1) is 25.7. The summed E-state index contributed by atoms with van der Waals surface area (Å²) in [7, 11) is 2.51. The fourth-order valence-corrected chi connectivity index (χ4v) is 2.93. The second-order valence-electron chi connectivity index (χ2n) is 7.54. The molecule has 2 aromatic rings. The van der Waals surface area contributed by atoms with Crippen molar-refractivity contribution >= 4 is 46.9 Å². The van der Waals surface area contributed by atoms with Crippen molar-refractivity contribution in [1.29, 1.82) is 0 Å². The molecule has 3 N–H and O–H groups in total. The molecule has 176 valence electrons. The third-order valence-corrected chi connectivity index (χ3v) is 4.30. The van der Waals surface area contributed by atoms with E-state index < -0.39 is 11.9 Å². The van der Waals surface area contributed by atoms with Gasteiger partial charge in [0.2, 0.25) is 11.9 Å². The number of nitrogens with zero attached hydrogens (tertiary/aromatic N) is 3. The van der Waals surface area contributed by atoms with Gasteiger partial charge in [0.25, 0.3) is 0 Å². The van der Waals surface area contributed by atoms with Gasteiger partial charge in [-0.3, -0.25) is 10.3 Å². The van der Waals surface area contributed by atoms with Crippen LogP contribution in [-0.2, 0) is 9.47 Å². The Morgan fingerprint density at radius 1 is 0.970 bits per heavy atom. The number of hydrogen-bond acceptors (Lipinski definition) is 8. The van der Waals surface area contributed by atoms with Gasteiger partial charge >= 0.3 is 11.9 Å². The fraction of sp³-hybridized carbons (Fsp3) is 0.364. The van der Waals surface area contributed by atoms with E-state index in [0.717, 1.165) is 11.4 Å². The summed E-state index contributed by atoms with van der Waals surface area (Å²) in [6.07, 6.45) is 0. The minimum absolute atomic E-state index is 0.168. The maximum atomic E-state index is 12.0. The predicted molar refractivity (Wildman–Crippen MR) is 131 cm³/mol. The van der Waals surface area contributed by atoms with E-state index in [1.54, 1.807) is 0 Å². The molecule has 0 spiro atoms. The van der Waals surface area contributed by atoms with Crippen LogP contribution >= 0.6 is 12.2 Å². The number of carbonyl (C=O) groups is 2. The molecule has 33 heavy (non-hydrogen) atoms. The van der Waals surface area contributed by atoms with E-state index in [4.69, 9.17) is 21.7 Å². The standard InChI is InChI=1S/C22H28N6O4S/c1-12(2)11-23-20(27-21-24-13(3)7-14(4)25-21)28-22(33)26-17-9-15(18(29)31-5)8-16(10-17)19(30)32-6/h7-10,12H,11H2,1-6H3,(H3,23,24,25,26,27,28,33). The normalized spacial score (nSPS) is 11.1. The van der Waals surface area contributed by atoms with Gasteiger partial charge in [-0.1, -0.05) is 13.8 Å². The number of thiocarbonyl (C=S) groups is 1. The minimum Gasteiger partial charge on any atom is -0.465 e. The highest BCUT2D eigenvalue weighted by Gasteiger charge is 2.15. The average Bonchev–Trinajstić information content (AvgIpc) is 2.75. The van der Waals surface area contributed by atoms with E-state index in [0.29, 0.717) is 30.1 Å². The molecule has 10 nitrogen and oxygen atoms in total. The number of methoxy groups -OCH3 is 2. The van der Waals surface area contributed by atoms with Crippen LogP contribution in [0.25, 0.3) is 0 Å². The molecule has 1 aromatic heterocycles. The molecule has 0 aliphatic heterocycles. The summed E-state index contributed by atoms with van der Waals surface area (Å²) in [5.41, 5.74) is 2.34. The van der Waals surface area contributed by atoms with Crippen molar-refractivity contribution in [3.63, 3.8) is 0 Å². The summed E-state index contributed by atoms with van der Waals surface area (Å²) in [5, 5.41) is 9.16. The zero-order chi connectivity index (χ0) is 24.5. The van der Waals surface area contributed by atoms with Gasteiger partial charge in [0.1, 0.15) is 0 Å². The van der Waals surface area contributed by atoms with Crippen LogP contribution in [0.5, 0.6) is 0 Å². The molecule has 0 fully saturated rings. The first-order chi connectivity index (χ1) is 15.6. The highest BCUT2D eigenvalue weighted by atomic mass is 32.1. The molecular weight excluding hydrogens is 444 g/mol. The zero-order valence-corrected chi connectivity index (χ0v) is 20.3. The molecule has 2 rings (SSSR count). The van der Waals surface area contributed by atoms with Gasteiger partial charge in [-0.05, 0) is 56.2 Å². The summed E-state index contributed by atoms with van der Waals surface area (Å²) >= 11 is 5.42. The topological polar surface area (TPSA) is 127 Å². The van der Waals surface area contributed by atoms with E-state index in [1.807, 2.05) is 33.8 Å². The predicted octanol–water partition coefficient (Wildman–Crippen LogP) is 3.08. The van der Waals surface area contributed by atoms with Crippen molar-refractivity contribution in [2.24, 2.45) is 10.9 Å². The quantitative estimate of drug-likeness (QED) is 0.250. The van der Waals surface area contributed by atoms with Crippen LogP contribution in [0, 0.1) is 19.8 Å². The Kier molecular flexibility index (Phi) is 9.22. The molecule has 0 saturated carbocycles. The molecule has 1 heterocycles. The Morgan fingerprint density at radius 3 is 2.00 bits per heavy atom. The summed E-state index contributed by atoms with van der Waals surface area (Å²) in [6, 6.07) is 6.27. The zero-order valence-electron chi connectivity index (χ0n) is 19.5. The second-order valence-corrected chi connectivity index (χ2v) is 7.95. The van der Waals surface area contributed by atoms with Crippen molar-refractivity contribution in [2.45, 2.75) is 27.7 Å². The van der Waals surface area contributed by atoms with Gasteiger partial charge in [0.05, 0.1) is 25.3 Å². The van der Waals surface area contributed by atoms with Crippen molar-refractivity contribution in [2.75, 3.05) is 31.4 Å². The lowest BCUT2D eigenvalue weighted by molar-refractivity contribution is 0.0599. The van der Waals surface area contributed by atoms with E-state index in [-0.39, 0.29) is 16.2 Å². The molecule has 0 saturated heterocycles. The number of hydrogen-bond donors (Lipinski definition) is 3. The van der Waals surface area contributed by atoms with Gasteiger partial charge in [0.15, 0.2) is 5.11 Å². The van der Waals surface area contributed by atoms with Crippen LogP contribution in [0.3, 0.4) is 0 Å². The van der Waals surface area contributed by atoms with Crippen LogP contribution in [0.4, 0.5) is 11.6 Å². The van der Waals surface area contributed by atoms with Crippen LogP contribution < -0.4 is 16.0 Å².